The van der Waals surface area contributed by atoms with Crippen LogP contribution < -0.4 is 0 Å². The van der Waals surface area contributed by atoms with Crippen molar-refractivity contribution in [3.63, 3.8) is 0 Å². The fourth-order valence-electron chi connectivity index (χ4n) is 6.72. The van der Waals surface area contributed by atoms with Gasteiger partial charge < -0.3 is 4.74 Å². The van der Waals surface area contributed by atoms with Crippen LogP contribution in [0.25, 0.3) is 0 Å². The molecule has 1 saturated heterocycles. The van der Waals surface area contributed by atoms with Crippen molar-refractivity contribution in [2.24, 2.45) is 29.1 Å². The van der Waals surface area contributed by atoms with E-state index in [1.54, 1.807) is 0 Å². The van der Waals surface area contributed by atoms with Crippen molar-refractivity contribution in [3.05, 3.63) is 0 Å². The fourth-order valence-corrected chi connectivity index (χ4v) is 7.05. The molecule has 0 bridgehead atoms. The first-order valence-electron chi connectivity index (χ1n) is 9.28. The average Bonchev–Trinajstić information content (AvgIpc) is 2.46. The lowest BCUT2D eigenvalue weighted by Gasteiger charge is -2.61. The van der Waals surface area contributed by atoms with Gasteiger partial charge in [-0.1, -0.05) is 6.92 Å². The van der Waals surface area contributed by atoms with Crippen LogP contribution in [0.2, 0.25) is 0 Å². The Hall–Kier alpha value is -0.240. The summed E-state index contributed by atoms with van der Waals surface area (Å²) in [5.74, 6) is 3.03. The molecular formula is C19H29ClO2. The van der Waals surface area contributed by atoms with E-state index in [1.165, 1.54) is 38.5 Å². The van der Waals surface area contributed by atoms with E-state index in [2.05, 4.69) is 13.8 Å². The number of hydrogen-bond acceptors (Lipinski definition) is 2. The third kappa shape index (κ3) is 2.16. The second kappa shape index (κ2) is 5.13. The van der Waals surface area contributed by atoms with Crippen molar-refractivity contribution < 1.29 is 9.53 Å². The number of rotatable bonds is 0. The fraction of sp³-hybridized carbons (Fsp3) is 0.947. The van der Waals surface area contributed by atoms with Gasteiger partial charge in [0, 0.05) is 17.7 Å². The SMILES string of the molecule is C[C@]12CC[C@H](Cl)C[C@@H]1CC[C@@H]1[C@@H]2CC[C@]2(C)OC(=O)CC[C@@H]12. The van der Waals surface area contributed by atoms with E-state index in [-0.39, 0.29) is 11.6 Å². The maximum absolute atomic E-state index is 11.8. The number of esters is 1. The highest BCUT2D eigenvalue weighted by Crippen LogP contribution is 2.63. The first-order chi connectivity index (χ1) is 10.4. The molecule has 0 radical (unpaired) electrons. The van der Waals surface area contributed by atoms with E-state index < -0.39 is 0 Å². The lowest BCUT2D eigenvalue weighted by Crippen LogP contribution is -2.58. The predicted molar refractivity (Wildman–Crippen MR) is 87.8 cm³/mol. The van der Waals surface area contributed by atoms with Gasteiger partial charge in [-0.25, -0.2) is 0 Å². The first-order valence-corrected chi connectivity index (χ1v) is 9.72. The number of ether oxygens (including phenoxy) is 1. The molecule has 22 heavy (non-hydrogen) atoms. The summed E-state index contributed by atoms with van der Waals surface area (Å²) < 4.78 is 5.85. The summed E-state index contributed by atoms with van der Waals surface area (Å²) >= 11 is 6.47. The molecule has 1 heterocycles. The van der Waals surface area contributed by atoms with Gasteiger partial charge in [-0.05, 0) is 81.5 Å². The Bertz CT molecular complexity index is 478. The van der Waals surface area contributed by atoms with Crippen LogP contribution in [0.1, 0.15) is 71.6 Å². The van der Waals surface area contributed by atoms with Crippen molar-refractivity contribution >= 4 is 17.6 Å². The monoisotopic (exact) mass is 324 g/mol. The smallest absolute Gasteiger partial charge is 0.306 e. The summed E-state index contributed by atoms with van der Waals surface area (Å²) in [6.07, 6.45) is 10.4. The zero-order chi connectivity index (χ0) is 15.5. The Morgan fingerprint density at radius 3 is 2.68 bits per heavy atom. The van der Waals surface area contributed by atoms with Crippen molar-refractivity contribution in [2.45, 2.75) is 82.6 Å². The molecule has 0 aromatic heterocycles. The zero-order valence-corrected chi connectivity index (χ0v) is 14.7. The number of carbonyl (C=O) groups is 1. The molecule has 0 unspecified atom stereocenters. The number of carbonyl (C=O) groups excluding carboxylic acids is 1. The molecule has 0 aromatic carbocycles. The molecule has 4 fully saturated rings. The van der Waals surface area contributed by atoms with Crippen LogP contribution in [0, 0.1) is 29.1 Å². The summed E-state index contributed by atoms with van der Waals surface area (Å²) in [7, 11) is 0. The molecule has 3 aliphatic carbocycles. The van der Waals surface area contributed by atoms with Crippen LogP contribution in [0.5, 0.6) is 0 Å². The van der Waals surface area contributed by atoms with Gasteiger partial charge in [0.05, 0.1) is 0 Å². The quantitative estimate of drug-likeness (QED) is 0.466. The van der Waals surface area contributed by atoms with Gasteiger partial charge in [0.2, 0.25) is 0 Å². The predicted octanol–water partition coefficient (Wildman–Crippen LogP) is 4.93. The maximum atomic E-state index is 11.8. The van der Waals surface area contributed by atoms with E-state index in [1.807, 2.05) is 0 Å². The second-order valence-corrected chi connectivity index (χ2v) is 9.51. The van der Waals surface area contributed by atoms with Crippen LogP contribution in [-0.2, 0) is 9.53 Å². The Kier molecular flexibility index (Phi) is 3.57. The topological polar surface area (TPSA) is 26.3 Å². The van der Waals surface area contributed by atoms with Crippen LogP contribution in [0.3, 0.4) is 0 Å². The average molecular weight is 325 g/mol. The van der Waals surface area contributed by atoms with Crippen molar-refractivity contribution in [1.29, 1.82) is 0 Å². The van der Waals surface area contributed by atoms with Gasteiger partial charge >= 0.3 is 5.97 Å². The molecule has 3 saturated carbocycles. The largest absolute Gasteiger partial charge is 0.459 e. The maximum Gasteiger partial charge on any atom is 0.306 e. The number of alkyl halides is 1. The normalized spacial score (nSPS) is 54.7. The van der Waals surface area contributed by atoms with Crippen LogP contribution >= 0.6 is 11.6 Å². The molecule has 7 atom stereocenters. The Morgan fingerprint density at radius 2 is 1.86 bits per heavy atom. The standard InChI is InChI=1S/C19H29ClO2/c1-18-9-7-13(20)11-12(18)3-4-14-15(18)8-10-19(2)16(14)5-6-17(21)22-19/h12-16H,3-11H2,1-2H3/t12-,13-,14+,15-,16-,18-,19-/m0/s1. The third-order valence-corrected chi connectivity index (χ3v) is 8.34. The molecule has 4 rings (SSSR count). The molecule has 0 aromatic rings. The highest BCUT2D eigenvalue weighted by atomic mass is 35.5. The minimum atomic E-state index is -0.177. The Morgan fingerprint density at radius 1 is 1.05 bits per heavy atom. The Balaban J connectivity index is 1.61. The van der Waals surface area contributed by atoms with Crippen molar-refractivity contribution in [3.8, 4) is 0 Å². The van der Waals surface area contributed by atoms with Crippen molar-refractivity contribution in [1.82, 2.24) is 0 Å². The minimum absolute atomic E-state index is 0.0275. The molecule has 0 amide bonds. The van der Waals surface area contributed by atoms with Crippen LogP contribution in [-0.4, -0.2) is 16.9 Å². The molecular weight excluding hydrogens is 296 g/mol. The van der Waals surface area contributed by atoms with Gasteiger partial charge in [-0.2, -0.15) is 0 Å². The van der Waals surface area contributed by atoms with Gasteiger partial charge in [0.25, 0.3) is 0 Å². The number of fused-ring (bicyclic) bond motifs is 5. The highest BCUT2D eigenvalue weighted by molar-refractivity contribution is 6.20. The Labute approximate surface area is 139 Å². The molecule has 3 heteroatoms. The zero-order valence-electron chi connectivity index (χ0n) is 13.9. The van der Waals surface area contributed by atoms with E-state index >= 15 is 0 Å². The van der Waals surface area contributed by atoms with E-state index in [0.717, 1.165) is 30.6 Å². The van der Waals surface area contributed by atoms with Crippen LogP contribution in [0.15, 0.2) is 0 Å². The lowest BCUT2D eigenvalue weighted by atomic mass is 9.46. The lowest BCUT2D eigenvalue weighted by molar-refractivity contribution is -0.201. The van der Waals surface area contributed by atoms with Gasteiger partial charge in [-0.15, -0.1) is 11.6 Å². The summed E-state index contributed by atoms with van der Waals surface area (Å²) in [5.41, 5.74) is 0.306. The highest BCUT2D eigenvalue weighted by Gasteiger charge is 2.58. The summed E-state index contributed by atoms with van der Waals surface area (Å²) in [6.45, 7) is 4.75. The first kappa shape index (κ1) is 15.3. The number of hydrogen-bond donors (Lipinski definition) is 0. The third-order valence-electron chi connectivity index (χ3n) is 7.94. The summed E-state index contributed by atoms with van der Waals surface area (Å²) in [5, 5.41) is 0.402. The van der Waals surface area contributed by atoms with Gasteiger partial charge in [0.15, 0.2) is 0 Å². The summed E-state index contributed by atoms with van der Waals surface area (Å²) in [4.78, 5) is 11.8. The van der Waals surface area contributed by atoms with Gasteiger partial charge in [0.1, 0.15) is 5.60 Å². The molecule has 4 aliphatic rings. The van der Waals surface area contributed by atoms with E-state index in [9.17, 15) is 4.79 Å². The molecule has 124 valence electrons. The summed E-state index contributed by atoms with van der Waals surface area (Å²) in [6, 6.07) is 0. The molecule has 2 nitrogen and oxygen atoms in total. The van der Waals surface area contributed by atoms with E-state index in [4.69, 9.17) is 16.3 Å². The van der Waals surface area contributed by atoms with Gasteiger partial charge in [-0.3, -0.25) is 4.79 Å². The van der Waals surface area contributed by atoms with Crippen LogP contribution in [0.4, 0.5) is 0 Å². The molecule has 1 aliphatic heterocycles. The molecule has 0 spiro atoms. The second-order valence-electron chi connectivity index (χ2n) is 8.89. The minimum Gasteiger partial charge on any atom is -0.459 e. The molecule has 0 N–H and O–H groups in total. The van der Waals surface area contributed by atoms with Crippen molar-refractivity contribution in [2.75, 3.05) is 0 Å². The number of halogens is 1. The van der Waals surface area contributed by atoms with E-state index in [0.29, 0.717) is 23.1 Å².